The maximum Gasteiger partial charge on any atom is 0.256 e. The van der Waals surface area contributed by atoms with Crippen molar-refractivity contribution in [1.29, 1.82) is 0 Å². The van der Waals surface area contributed by atoms with E-state index in [1.165, 1.54) is 18.2 Å². The van der Waals surface area contributed by atoms with Gasteiger partial charge in [-0.25, -0.2) is 8.78 Å². The molecule has 3 rings (SSSR count). The van der Waals surface area contributed by atoms with E-state index in [9.17, 15) is 18.4 Å². The quantitative estimate of drug-likeness (QED) is 0.736. The molecule has 27 heavy (non-hydrogen) atoms. The van der Waals surface area contributed by atoms with E-state index in [1.807, 2.05) is 0 Å². The second-order valence-corrected chi connectivity index (χ2v) is 7.29. The van der Waals surface area contributed by atoms with E-state index in [4.69, 9.17) is 0 Å². The smallest absolute Gasteiger partial charge is 0.256 e. The molecule has 0 unspecified atom stereocenters. The standard InChI is InChI=1S/C20H19BrF2N2O2/c21-16-12-14(6-7-18(16)23)13-19(26)24-8-3-9-25(11-10-24)20(27)15-4-1-2-5-17(15)22/h1-2,4-7,12H,3,8-11,13H2. The first kappa shape index (κ1) is 19.5. The summed E-state index contributed by atoms with van der Waals surface area (Å²) in [4.78, 5) is 28.4. The van der Waals surface area contributed by atoms with Crippen LogP contribution in [-0.4, -0.2) is 47.8 Å². The molecule has 0 aliphatic carbocycles. The second kappa shape index (κ2) is 8.61. The monoisotopic (exact) mass is 436 g/mol. The van der Waals surface area contributed by atoms with Gasteiger partial charge in [0.15, 0.2) is 0 Å². The average Bonchev–Trinajstić information content (AvgIpc) is 2.91. The maximum absolute atomic E-state index is 13.9. The predicted octanol–water partition coefficient (Wildman–Crippen LogP) is 3.64. The Morgan fingerprint density at radius 2 is 1.63 bits per heavy atom. The van der Waals surface area contributed by atoms with Crippen LogP contribution in [0.1, 0.15) is 22.3 Å². The fourth-order valence-electron chi connectivity index (χ4n) is 3.11. The lowest BCUT2D eigenvalue weighted by molar-refractivity contribution is -0.130. The molecular formula is C20H19BrF2N2O2. The molecular weight excluding hydrogens is 418 g/mol. The molecule has 0 atom stereocenters. The Balaban J connectivity index is 1.62. The zero-order valence-corrected chi connectivity index (χ0v) is 16.2. The molecule has 142 valence electrons. The van der Waals surface area contributed by atoms with Gasteiger partial charge in [-0.2, -0.15) is 0 Å². The molecule has 2 aromatic rings. The highest BCUT2D eigenvalue weighted by atomic mass is 79.9. The van der Waals surface area contributed by atoms with Gasteiger partial charge >= 0.3 is 0 Å². The number of carbonyl (C=O) groups excluding carboxylic acids is 2. The highest BCUT2D eigenvalue weighted by Gasteiger charge is 2.24. The van der Waals surface area contributed by atoms with Crippen molar-refractivity contribution in [3.8, 4) is 0 Å². The SMILES string of the molecule is O=C(Cc1ccc(F)c(Br)c1)N1CCCN(C(=O)c2ccccc2F)CC1. The van der Waals surface area contributed by atoms with Crippen LogP contribution in [0.15, 0.2) is 46.9 Å². The Morgan fingerprint density at radius 1 is 0.926 bits per heavy atom. The molecule has 0 bridgehead atoms. The number of rotatable bonds is 3. The van der Waals surface area contributed by atoms with Crippen LogP contribution < -0.4 is 0 Å². The highest BCUT2D eigenvalue weighted by Crippen LogP contribution is 2.18. The van der Waals surface area contributed by atoms with Crippen molar-refractivity contribution >= 4 is 27.7 Å². The van der Waals surface area contributed by atoms with E-state index in [1.54, 1.807) is 34.1 Å². The fraction of sp³-hybridized carbons (Fsp3) is 0.300. The molecule has 2 aromatic carbocycles. The van der Waals surface area contributed by atoms with Crippen molar-refractivity contribution < 1.29 is 18.4 Å². The summed E-state index contributed by atoms with van der Waals surface area (Å²) < 4.78 is 27.5. The summed E-state index contributed by atoms with van der Waals surface area (Å²) in [6, 6.07) is 10.4. The third kappa shape index (κ3) is 4.71. The van der Waals surface area contributed by atoms with E-state index in [0.717, 1.165) is 5.56 Å². The van der Waals surface area contributed by atoms with Crippen molar-refractivity contribution in [3.05, 3.63) is 69.7 Å². The van der Waals surface area contributed by atoms with Gasteiger partial charge in [-0.15, -0.1) is 0 Å². The molecule has 1 aliphatic rings. The lowest BCUT2D eigenvalue weighted by atomic mass is 10.1. The summed E-state index contributed by atoms with van der Waals surface area (Å²) in [7, 11) is 0. The van der Waals surface area contributed by atoms with E-state index < -0.39 is 5.82 Å². The zero-order valence-electron chi connectivity index (χ0n) is 14.6. The Morgan fingerprint density at radius 3 is 2.37 bits per heavy atom. The van der Waals surface area contributed by atoms with Gasteiger partial charge < -0.3 is 9.80 Å². The maximum atomic E-state index is 13.9. The Hall–Kier alpha value is -2.28. The first-order valence-electron chi connectivity index (χ1n) is 8.71. The normalized spacial score (nSPS) is 14.8. The van der Waals surface area contributed by atoms with Gasteiger partial charge in [0.05, 0.1) is 16.5 Å². The summed E-state index contributed by atoms with van der Waals surface area (Å²) in [6.45, 7) is 1.74. The van der Waals surface area contributed by atoms with Gasteiger partial charge in [-0.1, -0.05) is 18.2 Å². The fourth-order valence-corrected chi connectivity index (χ4v) is 3.54. The lowest BCUT2D eigenvalue weighted by Gasteiger charge is -2.22. The topological polar surface area (TPSA) is 40.6 Å². The molecule has 1 saturated heterocycles. The number of carbonyl (C=O) groups is 2. The largest absolute Gasteiger partial charge is 0.341 e. The molecule has 2 amide bonds. The number of hydrogen-bond acceptors (Lipinski definition) is 2. The lowest BCUT2D eigenvalue weighted by Crippen LogP contribution is -2.38. The van der Waals surface area contributed by atoms with E-state index >= 15 is 0 Å². The number of halogens is 3. The second-order valence-electron chi connectivity index (χ2n) is 6.43. The highest BCUT2D eigenvalue weighted by molar-refractivity contribution is 9.10. The van der Waals surface area contributed by atoms with Crippen molar-refractivity contribution in [2.45, 2.75) is 12.8 Å². The molecule has 0 aromatic heterocycles. The van der Waals surface area contributed by atoms with Crippen LogP contribution in [0.25, 0.3) is 0 Å². The molecule has 0 radical (unpaired) electrons. The van der Waals surface area contributed by atoms with Crippen molar-refractivity contribution in [1.82, 2.24) is 9.80 Å². The van der Waals surface area contributed by atoms with Crippen LogP contribution in [0.5, 0.6) is 0 Å². The van der Waals surface area contributed by atoms with E-state index in [0.29, 0.717) is 37.1 Å². The van der Waals surface area contributed by atoms with Crippen LogP contribution in [0.3, 0.4) is 0 Å². The summed E-state index contributed by atoms with van der Waals surface area (Å²) in [5.41, 5.74) is 0.769. The Bertz CT molecular complexity index is 860. The molecule has 0 spiro atoms. The molecule has 0 saturated carbocycles. The van der Waals surface area contributed by atoms with Gasteiger partial charge in [0, 0.05) is 26.2 Å². The van der Waals surface area contributed by atoms with Crippen LogP contribution in [0.4, 0.5) is 8.78 Å². The third-order valence-electron chi connectivity index (χ3n) is 4.58. The Kier molecular flexibility index (Phi) is 6.21. The minimum absolute atomic E-state index is 0.0495. The van der Waals surface area contributed by atoms with Crippen molar-refractivity contribution in [2.24, 2.45) is 0 Å². The van der Waals surface area contributed by atoms with Crippen LogP contribution >= 0.6 is 15.9 Å². The number of benzene rings is 2. The summed E-state index contributed by atoms with van der Waals surface area (Å²) in [6.07, 6.45) is 0.791. The number of amides is 2. The summed E-state index contributed by atoms with van der Waals surface area (Å²) in [5, 5.41) is 0. The molecule has 7 heteroatoms. The van der Waals surface area contributed by atoms with Gasteiger partial charge in [-0.05, 0) is 52.2 Å². The first-order valence-corrected chi connectivity index (χ1v) is 9.50. The van der Waals surface area contributed by atoms with Gasteiger partial charge in [0.1, 0.15) is 11.6 Å². The first-order chi connectivity index (χ1) is 13.0. The molecule has 1 fully saturated rings. The minimum atomic E-state index is -0.540. The van der Waals surface area contributed by atoms with E-state index in [2.05, 4.69) is 15.9 Å². The van der Waals surface area contributed by atoms with Gasteiger partial charge in [0.2, 0.25) is 5.91 Å². The van der Waals surface area contributed by atoms with Crippen LogP contribution in [0, 0.1) is 11.6 Å². The Labute approximate surface area is 164 Å². The third-order valence-corrected chi connectivity index (χ3v) is 5.19. The van der Waals surface area contributed by atoms with Crippen LogP contribution in [0.2, 0.25) is 0 Å². The summed E-state index contributed by atoms with van der Waals surface area (Å²) >= 11 is 3.12. The predicted molar refractivity (Wildman–Crippen MR) is 101 cm³/mol. The number of nitrogens with zero attached hydrogens (tertiary/aromatic N) is 2. The molecule has 1 heterocycles. The van der Waals surface area contributed by atoms with E-state index in [-0.39, 0.29) is 29.6 Å². The molecule has 4 nitrogen and oxygen atoms in total. The number of hydrogen-bond donors (Lipinski definition) is 0. The molecule has 0 N–H and O–H groups in total. The van der Waals surface area contributed by atoms with Crippen molar-refractivity contribution in [2.75, 3.05) is 26.2 Å². The average molecular weight is 437 g/mol. The zero-order chi connectivity index (χ0) is 19.4. The van der Waals surface area contributed by atoms with Gasteiger partial charge in [-0.3, -0.25) is 9.59 Å². The molecule has 1 aliphatic heterocycles. The summed E-state index contributed by atoms with van der Waals surface area (Å²) in [5.74, 6) is -1.34. The van der Waals surface area contributed by atoms with Crippen molar-refractivity contribution in [3.63, 3.8) is 0 Å². The minimum Gasteiger partial charge on any atom is -0.341 e. The van der Waals surface area contributed by atoms with Gasteiger partial charge in [0.25, 0.3) is 5.91 Å². The van der Waals surface area contributed by atoms with Crippen LogP contribution in [-0.2, 0) is 11.2 Å².